The topological polar surface area (TPSA) is 25.2 Å². The van der Waals surface area contributed by atoms with E-state index < -0.39 is 0 Å². The standard InChI is InChI=1S/C12H13BrClNO/c1-6-9-4-8(14)5-10(13)12(9)16-11(6)7(2)15-3/h4-5,7,15H,1-3H3. The van der Waals surface area contributed by atoms with Crippen LogP contribution in [0, 0.1) is 6.92 Å². The Labute approximate surface area is 108 Å². The molecule has 2 aromatic rings. The van der Waals surface area contributed by atoms with Crippen LogP contribution in [0.15, 0.2) is 21.0 Å². The highest BCUT2D eigenvalue weighted by Gasteiger charge is 2.17. The van der Waals surface area contributed by atoms with Crippen LogP contribution in [-0.4, -0.2) is 7.05 Å². The summed E-state index contributed by atoms with van der Waals surface area (Å²) in [6, 6.07) is 3.98. The van der Waals surface area contributed by atoms with Crippen molar-refractivity contribution in [1.29, 1.82) is 0 Å². The molecule has 1 unspecified atom stereocenters. The molecule has 1 N–H and O–H groups in total. The van der Waals surface area contributed by atoms with Crippen LogP contribution in [0.5, 0.6) is 0 Å². The summed E-state index contributed by atoms with van der Waals surface area (Å²) in [5.74, 6) is 0.959. The number of hydrogen-bond acceptors (Lipinski definition) is 2. The Hall–Kier alpha value is -0.510. The fourth-order valence-electron chi connectivity index (χ4n) is 1.81. The van der Waals surface area contributed by atoms with E-state index in [9.17, 15) is 0 Å². The van der Waals surface area contributed by atoms with Gasteiger partial charge in [0.1, 0.15) is 11.3 Å². The van der Waals surface area contributed by atoms with Crippen LogP contribution in [0.2, 0.25) is 5.02 Å². The lowest BCUT2D eigenvalue weighted by atomic mass is 10.1. The predicted molar refractivity (Wildman–Crippen MR) is 71.1 cm³/mol. The highest BCUT2D eigenvalue weighted by molar-refractivity contribution is 9.10. The Kier molecular flexibility index (Phi) is 3.29. The third-order valence-electron chi connectivity index (χ3n) is 2.82. The van der Waals surface area contributed by atoms with Crippen molar-refractivity contribution in [2.45, 2.75) is 19.9 Å². The van der Waals surface area contributed by atoms with Crippen molar-refractivity contribution >= 4 is 38.5 Å². The summed E-state index contributed by atoms with van der Waals surface area (Å²) in [4.78, 5) is 0. The number of aryl methyl sites for hydroxylation is 1. The van der Waals surface area contributed by atoms with Gasteiger partial charge in [0.25, 0.3) is 0 Å². The van der Waals surface area contributed by atoms with E-state index in [4.69, 9.17) is 16.0 Å². The molecule has 1 aromatic heterocycles. The fraction of sp³-hybridized carbons (Fsp3) is 0.333. The minimum Gasteiger partial charge on any atom is -0.458 e. The Morgan fingerprint density at radius 2 is 2.12 bits per heavy atom. The van der Waals surface area contributed by atoms with Crippen molar-refractivity contribution in [3.63, 3.8) is 0 Å². The van der Waals surface area contributed by atoms with Gasteiger partial charge in [-0.15, -0.1) is 0 Å². The van der Waals surface area contributed by atoms with Crippen LogP contribution < -0.4 is 5.32 Å². The molecule has 2 nitrogen and oxygen atoms in total. The van der Waals surface area contributed by atoms with E-state index in [0.717, 1.165) is 26.8 Å². The number of furan rings is 1. The zero-order chi connectivity index (χ0) is 11.9. The smallest absolute Gasteiger partial charge is 0.148 e. The van der Waals surface area contributed by atoms with Gasteiger partial charge in [-0.3, -0.25) is 0 Å². The first-order chi connectivity index (χ1) is 7.54. The van der Waals surface area contributed by atoms with Crippen molar-refractivity contribution in [2.24, 2.45) is 0 Å². The number of benzene rings is 1. The van der Waals surface area contributed by atoms with Gasteiger partial charge in [0.05, 0.1) is 10.5 Å². The molecule has 0 saturated heterocycles. The van der Waals surface area contributed by atoms with Crippen LogP contribution in [0.4, 0.5) is 0 Å². The average molecular weight is 303 g/mol. The van der Waals surface area contributed by atoms with Gasteiger partial charge in [0, 0.05) is 16.0 Å². The number of nitrogens with one attached hydrogen (secondary N) is 1. The third kappa shape index (κ3) is 1.88. The van der Waals surface area contributed by atoms with Crippen LogP contribution >= 0.6 is 27.5 Å². The van der Waals surface area contributed by atoms with Gasteiger partial charge in [0.15, 0.2) is 0 Å². The van der Waals surface area contributed by atoms with Crippen LogP contribution in [-0.2, 0) is 0 Å². The second-order valence-electron chi connectivity index (χ2n) is 3.87. The molecule has 0 fully saturated rings. The molecule has 0 amide bonds. The van der Waals surface area contributed by atoms with Gasteiger partial charge in [-0.2, -0.15) is 0 Å². The third-order valence-corrected chi connectivity index (χ3v) is 3.63. The van der Waals surface area contributed by atoms with Crippen LogP contribution in [0.1, 0.15) is 24.3 Å². The molecule has 0 radical (unpaired) electrons. The first kappa shape index (κ1) is 12.0. The Morgan fingerprint density at radius 1 is 1.44 bits per heavy atom. The number of hydrogen-bond donors (Lipinski definition) is 1. The molecule has 1 atom stereocenters. The molecule has 86 valence electrons. The summed E-state index contributed by atoms with van der Waals surface area (Å²) >= 11 is 9.50. The maximum atomic E-state index is 6.03. The Morgan fingerprint density at radius 3 is 2.75 bits per heavy atom. The first-order valence-electron chi connectivity index (χ1n) is 5.10. The number of halogens is 2. The molecular formula is C12H13BrClNO. The molecule has 1 heterocycles. The van der Waals surface area contributed by atoms with Gasteiger partial charge in [-0.1, -0.05) is 11.6 Å². The van der Waals surface area contributed by atoms with E-state index in [1.807, 2.05) is 19.2 Å². The summed E-state index contributed by atoms with van der Waals surface area (Å²) in [6.45, 7) is 4.12. The summed E-state index contributed by atoms with van der Waals surface area (Å²) in [7, 11) is 1.92. The van der Waals surface area contributed by atoms with Gasteiger partial charge >= 0.3 is 0 Å². The lowest BCUT2D eigenvalue weighted by Gasteiger charge is -2.06. The van der Waals surface area contributed by atoms with Crippen molar-refractivity contribution in [1.82, 2.24) is 5.32 Å². The maximum absolute atomic E-state index is 6.03. The summed E-state index contributed by atoms with van der Waals surface area (Å²) in [5.41, 5.74) is 2.00. The molecule has 0 aliphatic carbocycles. The largest absolute Gasteiger partial charge is 0.458 e. The molecule has 16 heavy (non-hydrogen) atoms. The highest BCUT2D eigenvalue weighted by atomic mass is 79.9. The van der Waals surface area contributed by atoms with Gasteiger partial charge in [-0.25, -0.2) is 0 Å². The van der Waals surface area contributed by atoms with E-state index in [0.29, 0.717) is 5.02 Å². The van der Waals surface area contributed by atoms with Gasteiger partial charge < -0.3 is 9.73 Å². The van der Waals surface area contributed by atoms with Crippen molar-refractivity contribution in [3.05, 3.63) is 33.0 Å². The van der Waals surface area contributed by atoms with E-state index in [-0.39, 0.29) is 6.04 Å². The molecule has 0 bridgehead atoms. The summed E-state index contributed by atoms with van der Waals surface area (Å²) < 4.78 is 6.77. The maximum Gasteiger partial charge on any atom is 0.148 e. The van der Waals surface area contributed by atoms with E-state index in [2.05, 4.69) is 35.1 Å². The second-order valence-corrected chi connectivity index (χ2v) is 5.16. The van der Waals surface area contributed by atoms with Crippen molar-refractivity contribution < 1.29 is 4.42 Å². The lowest BCUT2D eigenvalue weighted by molar-refractivity contribution is 0.470. The highest BCUT2D eigenvalue weighted by Crippen LogP contribution is 2.35. The first-order valence-corrected chi connectivity index (χ1v) is 6.27. The monoisotopic (exact) mass is 301 g/mol. The summed E-state index contributed by atoms with van der Waals surface area (Å²) in [5, 5.41) is 4.96. The van der Waals surface area contributed by atoms with Crippen LogP contribution in [0.3, 0.4) is 0 Å². The van der Waals surface area contributed by atoms with Gasteiger partial charge in [-0.05, 0) is 49.0 Å². The number of rotatable bonds is 2. The molecular weight excluding hydrogens is 289 g/mol. The SMILES string of the molecule is CNC(C)c1oc2c(Br)cc(Cl)cc2c1C. The quantitative estimate of drug-likeness (QED) is 0.887. The zero-order valence-electron chi connectivity index (χ0n) is 9.40. The molecule has 2 rings (SSSR count). The minimum absolute atomic E-state index is 0.193. The van der Waals surface area contributed by atoms with Crippen molar-refractivity contribution in [3.8, 4) is 0 Å². The summed E-state index contributed by atoms with van der Waals surface area (Å²) in [6.07, 6.45) is 0. The fourth-order valence-corrected chi connectivity index (χ4v) is 2.70. The molecule has 0 aliphatic rings. The van der Waals surface area contributed by atoms with E-state index in [1.54, 1.807) is 0 Å². The minimum atomic E-state index is 0.193. The molecule has 0 saturated carbocycles. The van der Waals surface area contributed by atoms with E-state index in [1.165, 1.54) is 0 Å². The molecule has 1 aromatic carbocycles. The Balaban J connectivity index is 2.72. The predicted octanol–water partition coefficient (Wildman–Crippen LogP) is 4.44. The normalized spacial score (nSPS) is 13.3. The van der Waals surface area contributed by atoms with Crippen molar-refractivity contribution in [2.75, 3.05) is 7.05 Å². The van der Waals surface area contributed by atoms with Gasteiger partial charge in [0.2, 0.25) is 0 Å². The Bertz CT molecular complexity index is 535. The van der Waals surface area contributed by atoms with Crippen LogP contribution in [0.25, 0.3) is 11.0 Å². The van der Waals surface area contributed by atoms with E-state index >= 15 is 0 Å². The molecule has 0 spiro atoms. The average Bonchev–Trinajstić information content (AvgIpc) is 2.56. The second kappa shape index (κ2) is 4.40. The number of fused-ring (bicyclic) bond motifs is 1. The lowest BCUT2D eigenvalue weighted by Crippen LogP contribution is -2.12. The zero-order valence-corrected chi connectivity index (χ0v) is 11.7. The molecule has 0 aliphatic heterocycles. The molecule has 4 heteroatoms.